The van der Waals surface area contributed by atoms with Crippen LogP contribution < -0.4 is 5.32 Å². The maximum absolute atomic E-state index is 8.95. The average Bonchev–Trinajstić information content (AvgIpc) is 2.73. The van der Waals surface area contributed by atoms with Gasteiger partial charge in [-0.3, -0.25) is 4.90 Å². The fourth-order valence-corrected chi connectivity index (χ4v) is 3.78. The normalized spacial score (nSPS) is 17.1. The molecule has 1 aliphatic rings. The minimum atomic E-state index is 0. The van der Waals surface area contributed by atoms with Crippen LogP contribution in [-0.4, -0.2) is 31.1 Å². The number of hydrogen-bond donors (Lipinski definition) is 1. The summed E-state index contributed by atoms with van der Waals surface area (Å²) in [6.45, 7) is 4.09. The summed E-state index contributed by atoms with van der Waals surface area (Å²) in [7, 11) is 0. The molecule has 3 nitrogen and oxygen atoms in total. The Morgan fingerprint density at radius 2 is 2.11 bits per heavy atom. The van der Waals surface area contributed by atoms with Crippen LogP contribution in [0.25, 0.3) is 0 Å². The highest BCUT2D eigenvalue weighted by atomic mass is 79.9. The Balaban J connectivity index is 0.00000144. The van der Waals surface area contributed by atoms with E-state index >= 15 is 0 Å². The zero-order chi connectivity index (χ0) is 11.4. The van der Waals surface area contributed by atoms with Gasteiger partial charge in [-0.05, 0) is 27.4 Å². The second-order valence-electron chi connectivity index (χ2n) is 3.80. The van der Waals surface area contributed by atoms with Gasteiger partial charge in [-0.15, -0.1) is 36.2 Å². The first-order valence-corrected chi connectivity index (χ1v) is 7.05. The van der Waals surface area contributed by atoms with Crippen LogP contribution >= 0.6 is 52.1 Å². The maximum atomic E-state index is 8.95. The summed E-state index contributed by atoms with van der Waals surface area (Å²) in [5, 5.41) is 14.4. The van der Waals surface area contributed by atoms with Crippen LogP contribution in [0, 0.1) is 11.3 Å². The molecule has 1 atom stereocenters. The van der Waals surface area contributed by atoms with E-state index in [4.69, 9.17) is 5.26 Å². The van der Waals surface area contributed by atoms with Crippen molar-refractivity contribution < 1.29 is 0 Å². The molecule has 1 saturated heterocycles. The van der Waals surface area contributed by atoms with E-state index < -0.39 is 0 Å². The molecule has 18 heavy (non-hydrogen) atoms. The predicted octanol–water partition coefficient (Wildman–Crippen LogP) is 3.21. The first kappa shape index (κ1) is 18.2. The molecule has 0 amide bonds. The summed E-state index contributed by atoms with van der Waals surface area (Å²) >= 11 is 5.29. The van der Waals surface area contributed by atoms with Crippen LogP contribution in [0.2, 0.25) is 0 Å². The molecular weight excluding hydrogens is 357 g/mol. The van der Waals surface area contributed by atoms with Crippen LogP contribution in [0.3, 0.4) is 0 Å². The van der Waals surface area contributed by atoms with Crippen molar-refractivity contribution in [2.24, 2.45) is 0 Å². The first-order chi connectivity index (χ1) is 7.83. The average molecular weight is 373 g/mol. The molecule has 0 saturated carbocycles. The smallest absolute Gasteiger partial charge is 0.0642 e. The molecule has 102 valence electrons. The van der Waals surface area contributed by atoms with E-state index in [2.05, 4.69) is 43.7 Å². The Morgan fingerprint density at radius 1 is 1.44 bits per heavy atom. The van der Waals surface area contributed by atoms with E-state index in [1.54, 1.807) is 11.3 Å². The molecule has 1 aliphatic heterocycles. The number of rotatable bonds is 3. The van der Waals surface area contributed by atoms with Crippen molar-refractivity contribution in [2.75, 3.05) is 26.2 Å². The van der Waals surface area contributed by atoms with E-state index in [-0.39, 0.29) is 30.9 Å². The molecule has 2 rings (SSSR count). The Labute approximate surface area is 132 Å². The zero-order valence-corrected chi connectivity index (χ0v) is 13.8. The van der Waals surface area contributed by atoms with Gasteiger partial charge in [-0.2, -0.15) is 5.26 Å². The van der Waals surface area contributed by atoms with Gasteiger partial charge < -0.3 is 5.32 Å². The molecule has 1 N–H and O–H groups in total. The number of thiophene rings is 1. The second-order valence-corrected chi connectivity index (χ2v) is 5.60. The van der Waals surface area contributed by atoms with Gasteiger partial charge in [0.05, 0.1) is 18.5 Å². The fourth-order valence-electron chi connectivity index (χ4n) is 2.01. The lowest BCUT2D eigenvalue weighted by atomic mass is 10.1. The van der Waals surface area contributed by atoms with Gasteiger partial charge in [0.2, 0.25) is 0 Å². The summed E-state index contributed by atoms with van der Waals surface area (Å²) in [6.07, 6.45) is 0.569. The first-order valence-electron chi connectivity index (χ1n) is 5.37. The third kappa shape index (κ3) is 4.37. The molecule has 1 aromatic rings. The third-order valence-corrected chi connectivity index (χ3v) is 4.80. The highest BCUT2D eigenvalue weighted by Gasteiger charge is 2.24. The SMILES string of the molecule is Cl.Cl.N#CC[C@H](c1sccc1Br)N1CCNCC1. The molecule has 0 bridgehead atoms. The third-order valence-electron chi connectivity index (χ3n) is 2.82. The van der Waals surface area contributed by atoms with Crippen molar-refractivity contribution in [3.05, 3.63) is 20.8 Å². The van der Waals surface area contributed by atoms with Crippen LogP contribution in [0.5, 0.6) is 0 Å². The minimum Gasteiger partial charge on any atom is -0.314 e. The molecule has 0 aromatic carbocycles. The Bertz CT molecular complexity index is 388. The van der Waals surface area contributed by atoms with Crippen molar-refractivity contribution in [2.45, 2.75) is 12.5 Å². The molecule has 2 heterocycles. The quantitative estimate of drug-likeness (QED) is 0.885. The van der Waals surface area contributed by atoms with Gasteiger partial charge in [-0.25, -0.2) is 0 Å². The van der Waals surface area contributed by atoms with E-state index in [1.807, 2.05) is 0 Å². The van der Waals surface area contributed by atoms with Gasteiger partial charge in [0.15, 0.2) is 0 Å². The van der Waals surface area contributed by atoms with Crippen LogP contribution in [0.1, 0.15) is 17.3 Å². The molecule has 0 aliphatic carbocycles. The van der Waals surface area contributed by atoms with Crippen molar-refractivity contribution in [1.82, 2.24) is 10.2 Å². The van der Waals surface area contributed by atoms with Gasteiger partial charge >= 0.3 is 0 Å². The number of nitrogens with zero attached hydrogens (tertiary/aromatic N) is 2. The molecule has 7 heteroatoms. The highest BCUT2D eigenvalue weighted by molar-refractivity contribution is 9.10. The topological polar surface area (TPSA) is 39.1 Å². The molecule has 0 spiro atoms. The summed E-state index contributed by atoms with van der Waals surface area (Å²) in [4.78, 5) is 3.68. The number of hydrogen-bond acceptors (Lipinski definition) is 4. The van der Waals surface area contributed by atoms with Crippen LogP contribution in [0.4, 0.5) is 0 Å². The molecule has 1 fully saturated rings. The largest absolute Gasteiger partial charge is 0.314 e. The Kier molecular flexibility index (Phi) is 9.22. The van der Waals surface area contributed by atoms with Crippen molar-refractivity contribution >= 4 is 52.1 Å². The Morgan fingerprint density at radius 3 is 2.61 bits per heavy atom. The number of nitrogens with one attached hydrogen (secondary N) is 1. The van der Waals surface area contributed by atoms with Crippen LogP contribution in [-0.2, 0) is 0 Å². The van der Waals surface area contributed by atoms with Crippen molar-refractivity contribution in [3.63, 3.8) is 0 Å². The molecule has 1 aromatic heterocycles. The van der Waals surface area contributed by atoms with E-state index in [9.17, 15) is 0 Å². The monoisotopic (exact) mass is 371 g/mol. The van der Waals surface area contributed by atoms with Gasteiger partial charge in [0, 0.05) is 35.5 Å². The zero-order valence-electron chi connectivity index (χ0n) is 9.76. The summed E-state index contributed by atoms with van der Waals surface area (Å²) in [5.74, 6) is 0. The standard InChI is InChI=1S/C11H14BrN3S.2ClH/c12-9-2-8-16-11(9)10(1-3-13)15-6-4-14-5-7-15;;/h2,8,10,14H,1,4-7H2;2*1H/t10-;;/m1../s1. The van der Waals surface area contributed by atoms with Crippen LogP contribution in [0.15, 0.2) is 15.9 Å². The van der Waals surface area contributed by atoms with Gasteiger partial charge in [-0.1, -0.05) is 0 Å². The summed E-state index contributed by atoms with van der Waals surface area (Å²) in [5.41, 5.74) is 0. The lowest BCUT2D eigenvalue weighted by Crippen LogP contribution is -2.45. The summed E-state index contributed by atoms with van der Waals surface area (Å²) < 4.78 is 1.14. The molecular formula is C11H16BrCl2N3S. The van der Waals surface area contributed by atoms with E-state index in [0.29, 0.717) is 6.42 Å². The number of piperazine rings is 1. The van der Waals surface area contributed by atoms with Crippen molar-refractivity contribution in [3.8, 4) is 6.07 Å². The Hall–Kier alpha value is 0.170. The predicted molar refractivity (Wildman–Crippen MR) is 83.9 cm³/mol. The second kappa shape index (κ2) is 9.13. The van der Waals surface area contributed by atoms with Gasteiger partial charge in [0.1, 0.15) is 0 Å². The highest BCUT2D eigenvalue weighted by Crippen LogP contribution is 2.34. The minimum absolute atomic E-state index is 0. The van der Waals surface area contributed by atoms with Gasteiger partial charge in [0.25, 0.3) is 0 Å². The van der Waals surface area contributed by atoms with E-state index in [1.165, 1.54) is 4.88 Å². The number of halogens is 3. The maximum Gasteiger partial charge on any atom is 0.0642 e. The van der Waals surface area contributed by atoms with Crippen molar-refractivity contribution in [1.29, 1.82) is 5.26 Å². The fraction of sp³-hybridized carbons (Fsp3) is 0.545. The van der Waals surface area contributed by atoms with E-state index in [0.717, 1.165) is 30.7 Å². The lowest BCUT2D eigenvalue weighted by Gasteiger charge is -2.33. The molecule has 0 radical (unpaired) electrons. The molecule has 0 unspecified atom stereocenters. The number of nitriles is 1. The lowest BCUT2D eigenvalue weighted by molar-refractivity contribution is 0.177. The summed E-state index contributed by atoms with van der Waals surface area (Å²) in [6, 6.07) is 4.62.